The minimum atomic E-state index is -3.86. The van der Waals surface area contributed by atoms with Gasteiger partial charge in [0, 0.05) is 19.0 Å². The number of likely N-dealkylation sites (tertiary alicyclic amines) is 1. The number of amides is 2. The average molecular weight is 536 g/mol. The number of halogens is 2. The Balaban J connectivity index is 1.54. The van der Waals surface area contributed by atoms with E-state index < -0.39 is 33.4 Å². The Labute approximate surface area is 211 Å². The van der Waals surface area contributed by atoms with Crippen LogP contribution in [0.4, 0.5) is 14.9 Å². The van der Waals surface area contributed by atoms with E-state index in [0.717, 1.165) is 6.20 Å². The van der Waals surface area contributed by atoms with E-state index in [1.54, 1.807) is 6.07 Å². The van der Waals surface area contributed by atoms with Crippen molar-refractivity contribution in [2.45, 2.75) is 29.9 Å². The summed E-state index contributed by atoms with van der Waals surface area (Å²) in [6.45, 7) is 0.286. The molecule has 2 heterocycles. The largest absolute Gasteiger partial charge is 0.436 e. The average Bonchev–Trinajstić information content (AvgIpc) is 2.83. The van der Waals surface area contributed by atoms with Crippen molar-refractivity contribution in [2.75, 3.05) is 18.4 Å². The highest BCUT2D eigenvalue weighted by Gasteiger charge is 2.48. The molecule has 5 N–H and O–H groups in total. The number of hydrogen-bond donors (Lipinski definition) is 3. The third-order valence-corrected chi connectivity index (χ3v) is 7.18. The molecule has 2 aromatic carbocycles. The van der Waals surface area contributed by atoms with E-state index in [0.29, 0.717) is 24.9 Å². The first-order valence-electron chi connectivity index (χ1n) is 10.9. The van der Waals surface area contributed by atoms with Crippen molar-refractivity contribution < 1.29 is 27.1 Å². The molecule has 0 saturated carbocycles. The molecule has 1 fully saturated rings. The second-order valence-electron chi connectivity index (χ2n) is 8.41. The molecule has 0 radical (unpaired) electrons. The molecule has 1 saturated heterocycles. The maximum Gasteiger partial charge on any atom is 0.412 e. The van der Waals surface area contributed by atoms with Crippen molar-refractivity contribution in [3.05, 3.63) is 70.1 Å². The van der Waals surface area contributed by atoms with Crippen molar-refractivity contribution in [3.63, 3.8) is 0 Å². The number of carbonyl (C=O) groups excluding carboxylic acids is 2. The highest BCUT2D eigenvalue weighted by molar-refractivity contribution is 7.89. The van der Waals surface area contributed by atoms with Gasteiger partial charge in [0.2, 0.25) is 10.0 Å². The summed E-state index contributed by atoms with van der Waals surface area (Å²) in [7, 11) is -3.86. The van der Waals surface area contributed by atoms with Gasteiger partial charge < -0.3 is 15.4 Å². The molecule has 1 spiro atoms. The normalized spacial score (nSPS) is 20.2. The molecule has 0 unspecified atom stereocenters. The van der Waals surface area contributed by atoms with E-state index in [9.17, 15) is 18.0 Å². The number of aliphatic imine (C=N–C) groups is 1. The van der Waals surface area contributed by atoms with Gasteiger partial charge in [-0.1, -0.05) is 23.7 Å². The minimum Gasteiger partial charge on any atom is -0.436 e. The molecule has 2 aliphatic rings. The minimum absolute atomic E-state index is 0.0522. The molecule has 1 atom stereocenters. The maximum absolute atomic E-state index is 15.1. The number of ether oxygens (including phenoxy) is 1. The number of anilines is 1. The third-order valence-electron chi connectivity index (χ3n) is 5.98. The lowest BCUT2D eigenvalue weighted by Gasteiger charge is -2.45. The highest BCUT2D eigenvalue weighted by atomic mass is 35.5. The predicted octanol–water partition coefficient (Wildman–Crippen LogP) is 2.62. The monoisotopic (exact) mass is 535 g/mol. The van der Waals surface area contributed by atoms with Gasteiger partial charge in [-0.25, -0.2) is 22.7 Å². The Morgan fingerprint density at radius 1 is 1.33 bits per heavy atom. The lowest BCUT2D eigenvalue weighted by atomic mass is 9.83. The summed E-state index contributed by atoms with van der Waals surface area (Å²) in [6, 6.07) is 8.78. The molecule has 36 heavy (non-hydrogen) atoms. The van der Waals surface area contributed by atoms with E-state index in [-0.39, 0.29) is 39.8 Å². The SMILES string of the molecule is NC=C(C=NCc1cccc(S(N)(=O)=O)c1)C(=O)N1CCC[C@@]2(C1)OC(=O)Nc1ccc(Cl)c(F)c12. The quantitative estimate of drug-likeness (QED) is 0.394. The summed E-state index contributed by atoms with van der Waals surface area (Å²) < 4.78 is 43.7. The fraction of sp³-hybridized carbons (Fsp3) is 0.261. The van der Waals surface area contributed by atoms with Crippen LogP contribution in [0.2, 0.25) is 5.02 Å². The van der Waals surface area contributed by atoms with Crippen LogP contribution in [0.5, 0.6) is 0 Å². The first-order chi connectivity index (χ1) is 17.0. The van der Waals surface area contributed by atoms with Gasteiger partial charge >= 0.3 is 6.09 Å². The summed E-state index contributed by atoms with van der Waals surface area (Å²) in [6.07, 6.45) is 2.34. The molecule has 2 amide bonds. The second kappa shape index (κ2) is 9.88. The first-order valence-corrected chi connectivity index (χ1v) is 12.8. The van der Waals surface area contributed by atoms with Gasteiger partial charge in [-0.15, -0.1) is 0 Å². The summed E-state index contributed by atoms with van der Waals surface area (Å²) in [5.74, 6) is -1.21. The number of carbonyl (C=O) groups is 2. The Bertz CT molecular complexity index is 1400. The number of hydrogen-bond acceptors (Lipinski definition) is 7. The van der Waals surface area contributed by atoms with Crippen LogP contribution >= 0.6 is 11.6 Å². The number of nitrogens with two attached hydrogens (primary N) is 2. The fourth-order valence-electron chi connectivity index (χ4n) is 4.37. The van der Waals surface area contributed by atoms with Crippen LogP contribution in [-0.4, -0.2) is 44.6 Å². The van der Waals surface area contributed by atoms with Gasteiger partial charge in [-0.3, -0.25) is 15.1 Å². The van der Waals surface area contributed by atoms with Crippen LogP contribution in [0, 0.1) is 5.82 Å². The van der Waals surface area contributed by atoms with Crippen molar-refractivity contribution in [1.29, 1.82) is 0 Å². The van der Waals surface area contributed by atoms with E-state index in [4.69, 9.17) is 27.2 Å². The molecule has 0 aromatic heterocycles. The number of fused-ring (bicyclic) bond motifs is 2. The van der Waals surface area contributed by atoms with E-state index in [2.05, 4.69) is 10.3 Å². The number of sulfonamides is 1. The van der Waals surface area contributed by atoms with Crippen LogP contribution in [-0.2, 0) is 31.7 Å². The van der Waals surface area contributed by atoms with Crippen molar-refractivity contribution in [1.82, 2.24) is 4.90 Å². The summed E-state index contributed by atoms with van der Waals surface area (Å²) in [4.78, 5) is 31.0. The smallest absolute Gasteiger partial charge is 0.412 e. The zero-order valence-electron chi connectivity index (χ0n) is 18.9. The van der Waals surface area contributed by atoms with E-state index in [1.807, 2.05) is 0 Å². The number of benzene rings is 2. The number of rotatable bonds is 5. The standard InChI is InChI=1S/C23H23ClFN5O5S/c24-17-5-6-18-19(20(17)25)23(35-22(32)29-18)7-2-8-30(13-23)21(31)15(10-26)12-28-11-14-3-1-4-16(9-14)36(27,33)34/h1,3-6,9-10,12H,2,7-8,11,13,26H2,(H,29,32)(H2,27,33,34)/t23-/m0/s1. The molecular weight excluding hydrogens is 513 g/mol. The zero-order valence-corrected chi connectivity index (χ0v) is 20.5. The van der Waals surface area contributed by atoms with Crippen LogP contribution in [0.15, 0.2) is 58.1 Å². The number of nitrogens with one attached hydrogen (secondary N) is 1. The van der Waals surface area contributed by atoms with Gasteiger partial charge in [0.25, 0.3) is 5.91 Å². The topological polar surface area (TPSA) is 157 Å². The molecule has 2 aromatic rings. The van der Waals surface area contributed by atoms with Crippen molar-refractivity contribution >= 4 is 45.5 Å². The Morgan fingerprint density at radius 2 is 2.11 bits per heavy atom. The molecule has 0 aliphatic carbocycles. The summed E-state index contributed by atoms with van der Waals surface area (Å²) in [5.41, 5.74) is 5.22. The van der Waals surface area contributed by atoms with Gasteiger partial charge in [-0.05, 0) is 42.7 Å². The van der Waals surface area contributed by atoms with Crippen molar-refractivity contribution in [2.24, 2.45) is 15.9 Å². The van der Waals surface area contributed by atoms with E-state index >= 15 is 4.39 Å². The number of primary sulfonamides is 1. The Kier molecular flexibility index (Phi) is 7.03. The second-order valence-corrected chi connectivity index (χ2v) is 10.4. The lowest BCUT2D eigenvalue weighted by Crippen LogP contribution is -2.54. The molecule has 4 rings (SSSR count). The first kappa shape index (κ1) is 25.6. The van der Waals surface area contributed by atoms with Crippen LogP contribution in [0.1, 0.15) is 24.0 Å². The number of nitrogens with zero attached hydrogens (tertiary/aromatic N) is 2. The van der Waals surface area contributed by atoms with Gasteiger partial charge in [0.1, 0.15) is 0 Å². The Morgan fingerprint density at radius 3 is 2.83 bits per heavy atom. The predicted molar refractivity (Wildman–Crippen MR) is 131 cm³/mol. The van der Waals surface area contributed by atoms with Crippen molar-refractivity contribution in [3.8, 4) is 0 Å². The molecule has 190 valence electrons. The molecular formula is C23H23ClFN5O5S. The Hall–Kier alpha value is -3.48. The molecule has 2 aliphatic heterocycles. The lowest BCUT2D eigenvalue weighted by molar-refractivity contribution is -0.134. The van der Waals surface area contributed by atoms with Gasteiger partial charge in [-0.2, -0.15) is 0 Å². The van der Waals surface area contributed by atoms with Gasteiger partial charge in [0.15, 0.2) is 11.4 Å². The molecule has 13 heteroatoms. The van der Waals surface area contributed by atoms with Crippen LogP contribution in [0.3, 0.4) is 0 Å². The number of piperidine rings is 1. The fourth-order valence-corrected chi connectivity index (χ4v) is 5.11. The zero-order chi connectivity index (χ0) is 26.1. The molecule has 0 bridgehead atoms. The summed E-state index contributed by atoms with van der Waals surface area (Å²) >= 11 is 5.99. The summed E-state index contributed by atoms with van der Waals surface area (Å²) in [5, 5.41) is 7.50. The third kappa shape index (κ3) is 5.06. The molecule has 10 nitrogen and oxygen atoms in total. The van der Waals surface area contributed by atoms with Crippen LogP contribution in [0.25, 0.3) is 0 Å². The van der Waals surface area contributed by atoms with E-state index in [1.165, 1.54) is 41.4 Å². The maximum atomic E-state index is 15.1. The van der Waals surface area contributed by atoms with Crippen LogP contribution < -0.4 is 16.2 Å². The highest BCUT2D eigenvalue weighted by Crippen LogP contribution is 2.45. The van der Waals surface area contributed by atoms with Gasteiger partial charge in [0.05, 0.1) is 39.8 Å².